The molecule has 0 amide bonds. The van der Waals surface area contributed by atoms with Gasteiger partial charge in [0.2, 0.25) is 5.12 Å². The maximum Gasteiger partial charge on any atom is 0.263 e. The second-order valence-electron chi connectivity index (χ2n) is 8.26. The van der Waals surface area contributed by atoms with Gasteiger partial charge in [-0.25, -0.2) is 16.8 Å². The fourth-order valence-corrected chi connectivity index (χ4v) is 7.83. The molecule has 0 bridgehead atoms. The van der Waals surface area contributed by atoms with Crippen LogP contribution in [0.5, 0.6) is 0 Å². The Morgan fingerprint density at radius 1 is 0.686 bits per heavy atom. The third-order valence-corrected chi connectivity index (χ3v) is 9.63. The lowest BCUT2D eigenvalue weighted by Crippen LogP contribution is -2.17. The number of thioether (sulfide) groups is 1. The van der Waals surface area contributed by atoms with Gasteiger partial charge in [0.05, 0.1) is 4.90 Å². The lowest BCUT2D eigenvalue weighted by Gasteiger charge is -2.16. The van der Waals surface area contributed by atoms with Crippen LogP contribution in [0.15, 0.2) is 87.5 Å². The van der Waals surface area contributed by atoms with Crippen molar-refractivity contribution in [1.82, 2.24) is 0 Å². The topological polar surface area (TPSA) is 109 Å². The van der Waals surface area contributed by atoms with E-state index in [2.05, 4.69) is 9.44 Å². The minimum Gasteiger partial charge on any atom is -0.281 e. The molecule has 0 aromatic heterocycles. The molecule has 0 atom stereocenters. The van der Waals surface area contributed by atoms with Gasteiger partial charge in [-0.15, -0.1) is 0 Å². The third-order valence-electron chi connectivity index (χ3n) is 5.64. The zero-order chi connectivity index (χ0) is 25.0. The molecule has 4 aromatic rings. The Kier molecular flexibility index (Phi) is 5.62. The highest BCUT2D eigenvalue weighted by atomic mass is 32.2. The Labute approximate surface area is 207 Å². The minimum atomic E-state index is -4.23. The highest BCUT2D eigenvalue weighted by Gasteiger charge is 2.34. The smallest absolute Gasteiger partial charge is 0.263 e. The van der Waals surface area contributed by atoms with E-state index in [0.29, 0.717) is 16.8 Å². The standard InChI is InChI=1S/C25H20N2O5S3/c1-15-6-10-17(11-7-15)26-34(29,30)21-14-22(35(31,32)27-18-12-8-16(2)9-13-18)24-23-19(21)4-3-5-20(23)25(28)33-24/h3-14,26-27H,1-2H3. The van der Waals surface area contributed by atoms with Crippen LogP contribution in [-0.4, -0.2) is 22.0 Å². The minimum absolute atomic E-state index is 0.217. The first-order chi connectivity index (χ1) is 16.5. The van der Waals surface area contributed by atoms with E-state index in [1.807, 2.05) is 13.8 Å². The summed E-state index contributed by atoms with van der Waals surface area (Å²) in [5.41, 5.74) is 2.86. The Bertz CT molecular complexity index is 1710. The molecule has 0 fully saturated rings. The number of aryl methyl sites for hydroxylation is 2. The number of sulfonamides is 2. The molecular formula is C25H20N2O5S3. The lowest BCUT2D eigenvalue weighted by atomic mass is 10.1. The van der Waals surface area contributed by atoms with Gasteiger partial charge >= 0.3 is 0 Å². The van der Waals surface area contributed by atoms with Crippen molar-refractivity contribution < 1.29 is 21.6 Å². The van der Waals surface area contributed by atoms with E-state index in [4.69, 9.17) is 0 Å². The maximum absolute atomic E-state index is 13.5. The highest BCUT2D eigenvalue weighted by Crippen LogP contribution is 2.46. The van der Waals surface area contributed by atoms with Crippen LogP contribution in [0.2, 0.25) is 0 Å². The largest absolute Gasteiger partial charge is 0.281 e. The molecule has 1 aliphatic heterocycles. The molecule has 178 valence electrons. The summed E-state index contributed by atoms with van der Waals surface area (Å²) in [5.74, 6) is 0. The first kappa shape index (κ1) is 23.4. The van der Waals surface area contributed by atoms with E-state index in [0.717, 1.165) is 29.0 Å². The molecule has 7 nitrogen and oxygen atoms in total. The molecule has 35 heavy (non-hydrogen) atoms. The molecule has 0 radical (unpaired) electrons. The fourth-order valence-electron chi connectivity index (χ4n) is 3.89. The summed E-state index contributed by atoms with van der Waals surface area (Å²) < 4.78 is 58.9. The number of hydrogen-bond donors (Lipinski definition) is 2. The van der Waals surface area contributed by atoms with E-state index >= 15 is 0 Å². The van der Waals surface area contributed by atoms with Crippen LogP contribution in [-0.2, 0) is 20.0 Å². The van der Waals surface area contributed by atoms with Gasteiger partial charge in [0.1, 0.15) is 4.90 Å². The first-order valence-corrected chi connectivity index (χ1v) is 14.3. The van der Waals surface area contributed by atoms with Crippen LogP contribution < -0.4 is 9.44 Å². The highest BCUT2D eigenvalue weighted by molar-refractivity contribution is 8.15. The predicted molar refractivity (Wildman–Crippen MR) is 138 cm³/mol. The second-order valence-corrected chi connectivity index (χ2v) is 12.5. The van der Waals surface area contributed by atoms with Crippen molar-refractivity contribution in [2.24, 2.45) is 0 Å². The molecule has 2 N–H and O–H groups in total. The first-order valence-electron chi connectivity index (χ1n) is 10.6. The lowest BCUT2D eigenvalue weighted by molar-refractivity contribution is 0.109. The van der Waals surface area contributed by atoms with Crippen LogP contribution >= 0.6 is 11.8 Å². The van der Waals surface area contributed by atoms with Crippen molar-refractivity contribution in [2.45, 2.75) is 28.5 Å². The van der Waals surface area contributed by atoms with Crippen LogP contribution in [0.4, 0.5) is 11.4 Å². The van der Waals surface area contributed by atoms with Gasteiger partial charge in [-0.05, 0) is 62.0 Å². The number of carbonyl (C=O) groups is 1. The van der Waals surface area contributed by atoms with E-state index in [1.165, 1.54) is 0 Å². The Morgan fingerprint density at radius 3 is 1.74 bits per heavy atom. The van der Waals surface area contributed by atoms with E-state index < -0.39 is 20.0 Å². The number of benzene rings is 4. The van der Waals surface area contributed by atoms with E-state index in [-0.39, 0.29) is 30.8 Å². The van der Waals surface area contributed by atoms with E-state index in [9.17, 15) is 21.6 Å². The average molecular weight is 525 g/mol. The maximum atomic E-state index is 13.5. The van der Waals surface area contributed by atoms with Gasteiger partial charge in [0.15, 0.2) is 0 Å². The average Bonchev–Trinajstić information content (AvgIpc) is 3.14. The molecule has 0 unspecified atom stereocenters. The van der Waals surface area contributed by atoms with Gasteiger partial charge in [-0.2, -0.15) is 0 Å². The van der Waals surface area contributed by atoms with Crippen molar-refractivity contribution in [3.8, 4) is 0 Å². The summed E-state index contributed by atoms with van der Waals surface area (Å²) in [6.45, 7) is 3.76. The second kappa shape index (κ2) is 8.40. The summed E-state index contributed by atoms with van der Waals surface area (Å²) in [7, 11) is -8.43. The van der Waals surface area contributed by atoms with Crippen molar-refractivity contribution in [1.29, 1.82) is 0 Å². The molecule has 0 saturated carbocycles. The van der Waals surface area contributed by atoms with Gasteiger partial charge in [-0.1, -0.05) is 47.5 Å². The van der Waals surface area contributed by atoms with Gasteiger partial charge < -0.3 is 0 Å². The fraction of sp³-hybridized carbons (Fsp3) is 0.0800. The number of anilines is 2. The molecule has 0 saturated heterocycles. The van der Waals surface area contributed by atoms with E-state index in [1.54, 1.807) is 66.7 Å². The van der Waals surface area contributed by atoms with Gasteiger partial charge in [-0.3, -0.25) is 14.2 Å². The Hall–Kier alpha value is -3.34. The van der Waals surface area contributed by atoms with Crippen LogP contribution in [0.25, 0.3) is 10.8 Å². The predicted octanol–water partition coefficient (Wildman–Crippen LogP) is 5.30. The summed E-state index contributed by atoms with van der Waals surface area (Å²) in [5, 5.41) is 0.265. The SMILES string of the molecule is Cc1ccc(NS(=O)(=O)c2cc(S(=O)(=O)Nc3ccc(C)cc3)c3cccc4c3c2SC4=O)cc1. The number of nitrogens with one attached hydrogen (secondary N) is 2. The van der Waals surface area contributed by atoms with Crippen LogP contribution in [0.3, 0.4) is 0 Å². The summed E-state index contributed by atoms with van der Waals surface area (Å²) in [4.78, 5) is 12.4. The molecule has 1 heterocycles. The van der Waals surface area contributed by atoms with Crippen molar-refractivity contribution in [2.75, 3.05) is 9.44 Å². The molecule has 1 aliphatic rings. The molecule has 4 aromatic carbocycles. The summed E-state index contributed by atoms with van der Waals surface area (Å²) in [6.07, 6.45) is 0. The van der Waals surface area contributed by atoms with Crippen LogP contribution in [0, 0.1) is 13.8 Å². The monoisotopic (exact) mass is 524 g/mol. The molecule has 0 spiro atoms. The summed E-state index contributed by atoms with van der Waals surface area (Å²) >= 11 is 0.788. The van der Waals surface area contributed by atoms with Crippen molar-refractivity contribution >= 4 is 59.1 Å². The van der Waals surface area contributed by atoms with Gasteiger partial charge in [0, 0.05) is 32.6 Å². The molecule has 10 heteroatoms. The third kappa shape index (κ3) is 4.29. The molecule has 5 rings (SSSR count). The Morgan fingerprint density at radius 2 is 1.20 bits per heavy atom. The number of carbonyl (C=O) groups excluding carboxylic acids is 1. The van der Waals surface area contributed by atoms with Crippen molar-refractivity contribution in [3.63, 3.8) is 0 Å². The summed E-state index contributed by atoms with van der Waals surface area (Å²) in [6, 6.07) is 19.4. The Balaban J connectivity index is 1.71. The number of rotatable bonds is 6. The van der Waals surface area contributed by atoms with Crippen LogP contribution in [0.1, 0.15) is 21.5 Å². The molecule has 0 aliphatic carbocycles. The molecular weight excluding hydrogens is 504 g/mol. The van der Waals surface area contributed by atoms with Crippen molar-refractivity contribution in [3.05, 3.63) is 89.5 Å². The zero-order valence-electron chi connectivity index (χ0n) is 18.7. The number of hydrogen-bond acceptors (Lipinski definition) is 6. The zero-order valence-corrected chi connectivity index (χ0v) is 21.1. The quantitative estimate of drug-likeness (QED) is 0.354. The normalized spacial score (nSPS) is 13.3. The van der Waals surface area contributed by atoms with Gasteiger partial charge in [0.25, 0.3) is 20.0 Å².